The predicted molar refractivity (Wildman–Crippen MR) is 129 cm³/mol. The fourth-order valence-electron chi connectivity index (χ4n) is 3.45. The first-order chi connectivity index (χ1) is 13.5. The summed E-state index contributed by atoms with van der Waals surface area (Å²) in [6.45, 7) is 8.78. The van der Waals surface area contributed by atoms with Gasteiger partial charge in [0.2, 0.25) is 0 Å². The minimum atomic E-state index is -0.634. The molecule has 0 aliphatic heterocycles. The van der Waals surface area contributed by atoms with E-state index in [1.54, 1.807) is 7.11 Å². The molecule has 1 aromatic rings. The van der Waals surface area contributed by atoms with E-state index in [1.807, 2.05) is 45.0 Å². The van der Waals surface area contributed by atoms with Crippen LogP contribution in [0, 0.1) is 5.41 Å². The van der Waals surface area contributed by atoms with Crippen LogP contribution in [-0.2, 0) is 4.74 Å². The summed E-state index contributed by atoms with van der Waals surface area (Å²) < 4.78 is 11.0. The molecule has 2 rings (SSSR count). The number of guanidine groups is 1. The maximum atomic E-state index is 10.6. The molecule has 1 atom stereocenters. The van der Waals surface area contributed by atoms with Crippen molar-refractivity contribution in [1.82, 2.24) is 10.6 Å². The summed E-state index contributed by atoms with van der Waals surface area (Å²) in [6.07, 6.45) is 4.23. The van der Waals surface area contributed by atoms with Crippen LogP contribution in [0.15, 0.2) is 29.3 Å². The van der Waals surface area contributed by atoms with E-state index in [4.69, 9.17) is 14.5 Å². The molecule has 29 heavy (non-hydrogen) atoms. The zero-order valence-corrected chi connectivity index (χ0v) is 20.6. The first-order valence-electron chi connectivity index (χ1n) is 10.4. The molecule has 3 N–H and O–H groups in total. The Morgan fingerprint density at radius 2 is 2.03 bits per heavy atom. The van der Waals surface area contributed by atoms with Gasteiger partial charge in [0.25, 0.3) is 0 Å². The second-order valence-corrected chi connectivity index (χ2v) is 7.93. The van der Waals surface area contributed by atoms with Gasteiger partial charge >= 0.3 is 0 Å². The summed E-state index contributed by atoms with van der Waals surface area (Å²) in [7, 11) is 1.75. The summed E-state index contributed by atoms with van der Waals surface area (Å²) in [5.74, 6) is 1.53. The van der Waals surface area contributed by atoms with E-state index in [2.05, 4.69) is 10.6 Å². The number of methoxy groups -OCH3 is 1. The Hall–Kier alpha value is -1.06. The van der Waals surface area contributed by atoms with Crippen LogP contribution in [0.3, 0.4) is 0 Å². The van der Waals surface area contributed by atoms with E-state index in [0.717, 1.165) is 43.4 Å². The smallest absolute Gasteiger partial charge is 0.191 e. The zero-order chi connectivity index (χ0) is 20.4. The number of ether oxygens (including phenoxy) is 2. The molecule has 0 amide bonds. The van der Waals surface area contributed by atoms with Gasteiger partial charge in [0.15, 0.2) is 5.96 Å². The first-order valence-corrected chi connectivity index (χ1v) is 10.4. The van der Waals surface area contributed by atoms with E-state index >= 15 is 0 Å². The number of aliphatic hydroxyl groups is 1. The molecule has 1 aliphatic carbocycles. The van der Waals surface area contributed by atoms with Gasteiger partial charge in [0.1, 0.15) is 5.75 Å². The molecule has 0 aromatic heterocycles. The van der Waals surface area contributed by atoms with Crippen molar-refractivity contribution in [2.45, 2.75) is 58.7 Å². The molecule has 0 radical (unpaired) electrons. The number of halogens is 1. The summed E-state index contributed by atoms with van der Waals surface area (Å²) in [5.41, 5.74) is 1.11. The van der Waals surface area contributed by atoms with Gasteiger partial charge in [-0.05, 0) is 63.1 Å². The minimum Gasteiger partial charge on any atom is -0.491 e. The van der Waals surface area contributed by atoms with Gasteiger partial charge < -0.3 is 25.2 Å². The molecule has 0 saturated heterocycles. The minimum absolute atomic E-state index is 0. The number of aliphatic imine (C=N–C) groups is 1. The van der Waals surface area contributed by atoms with E-state index in [0.29, 0.717) is 6.54 Å². The van der Waals surface area contributed by atoms with Crippen molar-refractivity contribution >= 4 is 29.9 Å². The molecule has 1 aliphatic rings. The highest BCUT2D eigenvalue weighted by molar-refractivity contribution is 14.0. The van der Waals surface area contributed by atoms with Gasteiger partial charge in [0, 0.05) is 33.4 Å². The van der Waals surface area contributed by atoms with Crippen molar-refractivity contribution in [2.75, 3.05) is 33.4 Å². The molecule has 166 valence electrons. The Bertz CT molecular complexity index is 621. The van der Waals surface area contributed by atoms with Crippen LogP contribution in [0.5, 0.6) is 5.75 Å². The quantitative estimate of drug-likeness (QED) is 0.235. The predicted octanol–water partition coefficient (Wildman–Crippen LogP) is 3.89. The van der Waals surface area contributed by atoms with Crippen LogP contribution < -0.4 is 15.4 Å². The Morgan fingerprint density at radius 1 is 1.28 bits per heavy atom. The van der Waals surface area contributed by atoms with Gasteiger partial charge in [-0.2, -0.15) is 0 Å². The van der Waals surface area contributed by atoms with E-state index in [9.17, 15) is 5.11 Å². The molecule has 6 nitrogen and oxygen atoms in total. The standard InChI is InChI=1S/C22H37N3O3.HI/c1-5-23-21(25-16-22(10-7-11-22)12-13-27-4)24-15-20(26)18-8-6-9-19(14-18)28-17(2)3;/h6,8-9,14,17,20,26H,5,7,10-13,15-16H2,1-4H3,(H2,23,24,25);1H. The van der Waals surface area contributed by atoms with Crippen LogP contribution in [0.25, 0.3) is 0 Å². The number of hydrogen-bond acceptors (Lipinski definition) is 4. The molecular formula is C22H38IN3O3. The highest BCUT2D eigenvalue weighted by atomic mass is 127. The highest BCUT2D eigenvalue weighted by Gasteiger charge is 2.36. The maximum Gasteiger partial charge on any atom is 0.191 e. The van der Waals surface area contributed by atoms with Gasteiger partial charge in [0.05, 0.1) is 12.2 Å². The van der Waals surface area contributed by atoms with Crippen LogP contribution >= 0.6 is 24.0 Å². The van der Waals surface area contributed by atoms with Crippen molar-refractivity contribution in [2.24, 2.45) is 10.4 Å². The summed E-state index contributed by atoms with van der Waals surface area (Å²) in [6, 6.07) is 7.63. The number of rotatable bonds is 11. The van der Waals surface area contributed by atoms with Crippen molar-refractivity contribution in [1.29, 1.82) is 0 Å². The average molecular weight is 519 g/mol. The molecule has 0 spiro atoms. The number of hydrogen-bond donors (Lipinski definition) is 3. The third-order valence-corrected chi connectivity index (χ3v) is 5.25. The lowest BCUT2D eigenvalue weighted by atomic mass is 9.67. The zero-order valence-electron chi connectivity index (χ0n) is 18.2. The van der Waals surface area contributed by atoms with Crippen LogP contribution in [0.1, 0.15) is 58.1 Å². The van der Waals surface area contributed by atoms with Crippen molar-refractivity contribution in [3.05, 3.63) is 29.8 Å². The lowest BCUT2D eigenvalue weighted by Crippen LogP contribution is -2.41. The molecular weight excluding hydrogens is 481 g/mol. The lowest BCUT2D eigenvalue weighted by Gasteiger charge is -2.40. The second-order valence-electron chi connectivity index (χ2n) is 7.93. The van der Waals surface area contributed by atoms with Crippen molar-refractivity contribution in [3.63, 3.8) is 0 Å². The third-order valence-electron chi connectivity index (χ3n) is 5.25. The highest BCUT2D eigenvalue weighted by Crippen LogP contribution is 2.44. The van der Waals surface area contributed by atoms with Crippen LogP contribution in [-0.4, -0.2) is 50.5 Å². The van der Waals surface area contributed by atoms with Crippen molar-refractivity contribution < 1.29 is 14.6 Å². The molecule has 1 saturated carbocycles. The normalized spacial score (nSPS) is 16.6. The summed E-state index contributed by atoms with van der Waals surface area (Å²) >= 11 is 0. The lowest BCUT2D eigenvalue weighted by molar-refractivity contribution is 0.0778. The molecule has 1 aromatic carbocycles. The Balaban J connectivity index is 0.00000420. The fraction of sp³-hybridized carbons (Fsp3) is 0.682. The second kappa shape index (κ2) is 13.3. The van der Waals surface area contributed by atoms with Gasteiger partial charge in [-0.1, -0.05) is 18.6 Å². The van der Waals surface area contributed by atoms with Crippen LogP contribution in [0.2, 0.25) is 0 Å². The average Bonchev–Trinajstić information content (AvgIpc) is 2.64. The summed E-state index contributed by atoms with van der Waals surface area (Å²) in [4.78, 5) is 4.79. The SMILES string of the molecule is CCNC(=NCC1(CCOC)CCC1)NCC(O)c1cccc(OC(C)C)c1.I. The molecule has 0 bridgehead atoms. The number of benzene rings is 1. The van der Waals surface area contributed by atoms with E-state index in [1.165, 1.54) is 19.3 Å². The Labute approximate surface area is 192 Å². The van der Waals surface area contributed by atoms with E-state index < -0.39 is 6.10 Å². The van der Waals surface area contributed by atoms with Gasteiger partial charge in [-0.3, -0.25) is 4.99 Å². The van der Waals surface area contributed by atoms with Gasteiger partial charge in [-0.25, -0.2) is 0 Å². The van der Waals surface area contributed by atoms with Crippen molar-refractivity contribution in [3.8, 4) is 5.75 Å². The number of nitrogens with one attached hydrogen (secondary N) is 2. The third kappa shape index (κ3) is 8.68. The fourth-order valence-corrected chi connectivity index (χ4v) is 3.45. The number of nitrogens with zero attached hydrogens (tertiary/aromatic N) is 1. The topological polar surface area (TPSA) is 75.1 Å². The monoisotopic (exact) mass is 519 g/mol. The maximum absolute atomic E-state index is 10.6. The number of aliphatic hydroxyl groups excluding tert-OH is 1. The molecule has 1 unspecified atom stereocenters. The summed E-state index contributed by atoms with van der Waals surface area (Å²) in [5, 5.41) is 17.1. The Morgan fingerprint density at radius 3 is 2.62 bits per heavy atom. The van der Waals surface area contributed by atoms with Gasteiger partial charge in [-0.15, -0.1) is 24.0 Å². The first kappa shape index (κ1) is 26.0. The molecule has 7 heteroatoms. The molecule has 0 heterocycles. The van der Waals surface area contributed by atoms with Crippen LogP contribution in [0.4, 0.5) is 0 Å². The Kier molecular flexibility index (Phi) is 11.9. The largest absolute Gasteiger partial charge is 0.491 e. The molecule has 1 fully saturated rings. The van der Waals surface area contributed by atoms with E-state index in [-0.39, 0.29) is 35.5 Å².